The molecular formula is C32H26BrNO2. The summed E-state index contributed by atoms with van der Waals surface area (Å²) in [6.45, 7) is 1.09. The molecule has 0 spiro atoms. The van der Waals surface area contributed by atoms with Crippen LogP contribution in [-0.4, -0.2) is 27.3 Å². The molecule has 0 aromatic heterocycles. The summed E-state index contributed by atoms with van der Waals surface area (Å²) in [6, 6.07) is 34.3. The van der Waals surface area contributed by atoms with Gasteiger partial charge < -0.3 is 14.4 Å². The van der Waals surface area contributed by atoms with Crippen molar-refractivity contribution in [1.29, 1.82) is 0 Å². The zero-order valence-corrected chi connectivity index (χ0v) is 21.9. The van der Waals surface area contributed by atoms with E-state index in [1.807, 2.05) is 14.1 Å². The van der Waals surface area contributed by atoms with Crippen LogP contribution in [0.15, 0.2) is 102 Å². The van der Waals surface area contributed by atoms with Crippen LogP contribution in [0.5, 0.6) is 0 Å². The summed E-state index contributed by atoms with van der Waals surface area (Å²) < 4.78 is 13.3. The Labute approximate surface area is 219 Å². The fraction of sp³-hybridized carbons (Fsp3) is 0.125. The van der Waals surface area contributed by atoms with Gasteiger partial charge in [-0.25, -0.2) is 0 Å². The molecule has 5 aromatic carbocycles. The van der Waals surface area contributed by atoms with Crippen molar-refractivity contribution < 1.29 is 9.47 Å². The summed E-state index contributed by atoms with van der Waals surface area (Å²) in [4.78, 5) is 2.09. The van der Waals surface area contributed by atoms with Crippen molar-refractivity contribution in [1.82, 2.24) is 0 Å². The lowest BCUT2D eigenvalue weighted by molar-refractivity contribution is 0.143. The van der Waals surface area contributed by atoms with Crippen LogP contribution in [0.25, 0.3) is 44.2 Å². The first-order valence-electron chi connectivity index (χ1n) is 12.1. The second kappa shape index (κ2) is 9.36. The lowest BCUT2D eigenvalue weighted by Gasteiger charge is -2.23. The first-order valence-corrected chi connectivity index (χ1v) is 12.9. The number of fused-ring (bicyclic) bond motifs is 3. The van der Waals surface area contributed by atoms with E-state index in [0.29, 0.717) is 13.2 Å². The molecule has 0 amide bonds. The molecule has 0 saturated heterocycles. The number of halogens is 1. The highest BCUT2D eigenvalue weighted by atomic mass is 79.9. The number of rotatable bonds is 4. The van der Waals surface area contributed by atoms with Crippen molar-refractivity contribution in [2.45, 2.75) is 0 Å². The molecule has 0 aliphatic carbocycles. The van der Waals surface area contributed by atoms with Gasteiger partial charge in [0, 0.05) is 40.8 Å². The lowest BCUT2D eigenvalue weighted by Crippen LogP contribution is -2.13. The minimum absolute atomic E-state index is 0.545. The summed E-state index contributed by atoms with van der Waals surface area (Å²) in [6.07, 6.45) is 0. The fourth-order valence-corrected chi connectivity index (χ4v) is 5.41. The Hall–Kier alpha value is -3.76. The van der Waals surface area contributed by atoms with Gasteiger partial charge in [0.1, 0.15) is 13.2 Å². The Morgan fingerprint density at radius 1 is 0.611 bits per heavy atom. The maximum Gasteiger partial charge on any atom is 0.169 e. The lowest BCUT2D eigenvalue weighted by atomic mass is 9.96. The fourth-order valence-electron chi connectivity index (χ4n) is 4.81. The Morgan fingerprint density at radius 2 is 1.17 bits per heavy atom. The van der Waals surface area contributed by atoms with E-state index in [4.69, 9.17) is 9.47 Å². The molecule has 0 unspecified atom stereocenters. The molecule has 1 aliphatic heterocycles. The van der Waals surface area contributed by atoms with E-state index in [9.17, 15) is 0 Å². The monoisotopic (exact) mass is 535 g/mol. The molecule has 36 heavy (non-hydrogen) atoms. The average Bonchev–Trinajstić information content (AvgIpc) is 2.93. The van der Waals surface area contributed by atoms with Crippen LogP contribution in [0.1, 0.15) is 11.1 Å². The quantitative estimate of drug-likeness (QED) is 0.216. The Bertz CT molecular complexity index is 1600. The average molecular weight is 536 g/mol. The summed E-state index contributed by atoms with van der Waals surface area (Å²) >= 11 is 3.75. The number of hydrogen-bond acceptors (Lipinski definition) is 3. The highest BCUT2D eigenvalue weighted by Crippen LogP contribution is 2.36. The maximum atomic E-state index is 6.11. The van der Waals surface area contributed by atoms with Gasteiger partial charge in [-0.15, -0.1) is 0 Å². The van der Waals surface area contributed by atoms with Crippen molar-refractivity contribution in [2.24, 2.45) is 0 Å². The van der Waals surface area contributed by atoms with E-state index >= 15 is 0 Å². The predicted octanol–water partition coefficient (Wildman–Crippen LogP) is 8.36. The summed E-state index contributed by atoms with van der Waals surface area (Å²) in [5, 5.41) is 4.96. The van der Waals surface area contributed by atoms with Gasteiger partial charge in [-0.1, -0.05) is 76.6 Å². The Balaban J connectivity index is 1.38. The van der Waals surface area contributed by atoms with E-state index in [1.165, 1.54) is 32.7 Å². The topological polar surface area (TPSA) is 21.7 Å². The second-order valence-corrected chi connectivity index (χ2v) is 10.1. The highest BCUT2D eigenvalue weighted by Gasteiger charge is 2.19. The van der Waals surface area contributed by atoms with E-state index in [-0.39, 0.29) is 0 Å². The van der Waals surface area contributed by atoms with Gasteiger partial charge in [-0.2, -0.15) is 0 Å². The standard InChI is InChI=1S/C32H26BrNO2/c1-34(2)27-16-14-25(15-17-27)32-31(35-18-19-36-32)24-11-6-21(7-12-24)26-13-9-22-8-10-23-4-3-5-29(33)30(23)28(22)20-26/h3-17,20H,18-19H2,1-2H3. The predicted molar refractivity (Wildman–Crippen MR) is 154 cm³/mol. The van der Waals surface area contributed by atoms with E-state index < -0.39 is 0 Å². The number of hydrogen-bond donors (Lipinski definition) is 0. The van der Waals surface area contributed by atoms with Crippen LogP contribution in [0, 0.1) is 0 Å². The van der Waals surface area contributed by atoms with Crippen molar-refractivity contribution in [3.05, 3.63) is 113 Å². The molecule has 1 aliphatic rings. The van der Waals surface area contributed by atoms with E-state index in [2.05, 4.69) is 118 Å². The molecule has 0 fully saturated rings. The number of benzene rings is 5. The minimum Gasteiger partial charge on any atom is -0.485 e. The van der Waals surface area contributed by atoms with E-state index in [1.54, 1.807) is 0 Å². The van der Waals surface area contributed by atoms with Crippen LogP contribution >= 0.6 is 15.9 Å². The zero-order chi connectivity index (χ0) is 24.6. The zero-order valence-electron chi connectivity index (χ0n) is 20.3. The number of nitrogens with zero attached hydrogens (tertiary/aromatic N) is 1. The molecule has 1 heterocycles. The van der Waals surface area contributed by atoms with Gasteiger partial charge >= 0.3 is 0 Å². The molecule has 0 radical (unpaired) electrons. The maximum absolute atomic E-state index is 6.11. The third-order valence-corrected chi connectivity index (χ3v) is 7.38. The van der Waals surface area contributed by atoms with Gasteiger partial charge in [-0.05, 0) is 63.7 Å². The van der Waals surface area contributed by atoms with Crippen LogP contribution in [0.4, 0.5) is 5.69 Å². The summed E-state index contributed by atoms with van der Waals surface area (Å²) in [5.41, 5.74) is 5.54. The third-order valence-electron chi connectivity index (χ3n) is 6.72. The highest BCUT2D eigenvalue weighted by molar-refractivity contribution is 9.10. The smallest absolute Gasteiger partial charge is 0.169 e. The van der Waals surface area contributed by atoms with Gasteiger partial charge in [0.15, 0.2) is 11.5 Å². The first kappa shape index (κ1) is 22.7. The molecular weight excluding hydrogens is 510 g/mol. The normalized spacial score (nSPS) is 13.5. The summed E-state index contributed by atoms with van der Waals surface area (Å²) in [7, 11) is 4.08. The van der Waals surface area contributed by atoms with Crippen molar-refractivity contribution in [2.75, 3.05) is 32.2 Å². The van der Waals surface area contributed by atoms with E-state index in [0.717, 1.165) is 32.8 Å². The molecule has 0 N–H and O–H groups in total. The molecule has 178 valence electrons. The SMILES string of the molecule is CN(C)c1ccc(C2=C(c3ccc(-c4ccc5ccc6cccc(Br)c6c5c4)cc3)OCCO2)cc1. The molecule has 0 saturated carbocycles. The van der Waals surface area contributed by atoms with Gasteiger partial charge in [0.25, 0.3) is 0 Å². The molecule has 4 heteroatoms. The first-order chi connectivity index (χ1) is 17.6. The van der Waals surface area contributed by atoms with Crippen molar-refractivity contribution in [3.63, 3.8) is 0 Å². The van der Waals surface area contributed by atoms with Crippen LogP contribution < -0.4 is 4.90 Å². The van der Waals surface area contributed by atoms with Gasteiger partial charge in [-0.3, -0.25) is 0 Å². The molecule has 0 atom stereocenters. The van der Waals surface area contributed by atoms with Gasteiger partial charge in [0.2, 0.25) is 0 Å². The molecule has 6 rings (SSSR count). The third kappa shape index (κ3) is 4.12. The van der Waals surface area contributed by atoms with Crippen LogP contribution in [-0.2, 0) is 9.47 Å². The largest absolute Gasteiger partial charge is 0.485 e. The summed E-state index contributed by atoms with van der Waals surface area (Å²) in [5.74, 6) is 1.58. The van der Waals surface area contributed by atoms with Crippen molar-refractivity contribution in [3.8, 4) is 11.1 Å². The van der Waals surface area contributed by atoms with Crippen LogP contribution in [0.3, 0.4) is 0 Å². The molecule has 3 nitrogen and oxygen atoms in total. The Kier molecular flexibility index (Phi) is 5.90. The number of anilines is 1. The van der Waals surface area contributed by atoms with Crippen LogP contribution in [0.2, 0.25) is 0 Å². The van der Waals surface area contributed by atoms with Crippen molar-refractivity contribution >= 4 is 54.7 Å². The number of ether oxygens (including phenoxy) is 2. The Morgan fingerprint density at radius 3 is 1.83 bits per heavy atom. The van der Waals surface area contributed by atoms with Gasteiger partial charge in [0.05, 0.1) is 0 Å². The molecule has 5 aromatic rings. The minimum atomic E-state index is 0.545. The molecule has 0 bridgehead atoms. The second-order valence-electron chi connectivity index (χ2n) is 9.21.